The van der Waals surface area contributed by atoms with Gasteiger partial charge in [-0.3, -0.25) is 4.79 Å². The molecular formula is C20H18N2O4. The van der Waals surface area contributed by atoms with Crippen LogP contribution in [0.3, 0.4) is 0 Å². The van der Waals surface area contributed by atoms with E-state index in [9.17, 15) is 4.79 Å². The Hall–Kier alpha value is -3.28. The van der Waals surface area contributed by atoms with Crippen molar-refractivity contribution in [3.8, 4) is 22.8 Å². The van der Waals surface area contributed by atoms with Gasteiger partial charge in [-0.2, -0.15) is 0 Å². The van der Waals surface area contributed by atoms with Gasteiger partial charge in [0, 0.05) is 18.2 Å². The Kier molecular flexibility index (Phi) is 4.31. The highest BCUT2D eigenvalue weighted by atomic mass is 16.6. The zero-order chi connectivity index (χ0) is 17.9. The molecule has 6 nitrogen and oxygen atoms in total. The average Bonchev–Trinajstić information content (AvgIpc) is 3.22. The monoisotopic (exact) mass is 350 g/mol. The van der Waals surface area contributed by atoms with Crippen molar-refractivity contribution in [1.82, 2.24) is 9.88 Å². The maximum absolute atomic E-state index is 12.7. The SMILES string of the molecule is CN(C[C@@H]1COc2ccccc2O1)C(=O)c1ccc(-c2cnco2)cc1. The van der Waals surface area contributed by atoms with Gasteiger partial charge >= 0.3 is 0 Å². The minimum atomic E-state index is -0.202. The second-order valence-electron chi connectivity index (χ2n) is 6.13. The van der Waals surface area contributed by atoms with Crippen molar-refractivity contribution in [2.45, 2.75) is 6.10 Å². The van der Waals surface area contributed by atoms with Crippen LogP contribution in [0, 0.1) is 0 Å². The average molecular weight is 350 g/mol. The number of carbonyl (C=O) groups is 1. The van der Waals surface area contributed by atoms with Crippen molar-refractivity contribution >= 4 is 5.91 Å². The summed E-state index contributed by atoms with van der Waals surface area (Å²) in [6, 6.07) is 14.8. The summed E-state index contributed by atoms with van der Waals surface area (Å²) in [7, 11) is 1.76. The number of oxazole rings is 1. The van der Waals surface area contributed by atoms with Gasteiger partial charge in [0.05, 0.1) is 12.7 Å². The Labute approximate surface area is 151 Å². The Morgan fingerprint density at radius 1 is 1.15 bits per heavy atom. The van der Waals surface area contributed by atoms with Crippen LogP contribution in [-0.2, 0) is 0 Å². The molecule has 2 aromatic carbocycles. The fourth-order valence-corrected chi connectivity index (χ4v) is 2.90. The van der Waals surface area contributed by atoms with Gasteiger partial charge in [-0.05, 0) is 24.3 Å². The molecule has 0 saturated carbocycles. The number of ether oxygens (including phenoxy) is 2. The zero-order valence-corrected chi connectivity index (χ0v) is 14.3. The lowest BCUT2D eigenvalue weighted by atomic mass is 10.1. The molecule has 0 radical (unpaired) electrons. The van der Waals surface area contributed by atoms with E-state index in [-0.39, 0.29) is 12.0 Å². The number of likely N-dealkylation sites (N-methyl/N-ethyl adjacent to an activating group) is 1. The Bertz CT molecular complexity index is 890. The number of rotatable bonds is 4. The number of carbonyl (C=O) groups excluding carboxylic acids is 1. The Balaban J connectivity index is 1.40. The van der Waals surface area contributed by atoms with E-state index in [1.54, 1.807) is 30.3 Å². The van der Waals surface area contributed by atoms with Crippen LogP contribution in [-0.4, -0.2) is 42.1 Å². The summed E-state index contributed by atoms with van der Waals surface area (Å²) in [5.74, 6) is 2.04. The maximum Gasteiger partial charge on any atom is 0.253 e. The normalized spacial score (nSPS) is 15.5. The van der Waals surface area contributed by atoms with Crippen LogP contribution >= 0.6 is 0 Å². The van der Waals surface area contributed by atoms with E-state index in [1.165, 1.54) is 6.39 Å². The van der Waals surface area contributed by atoms with E-state index in [4.69, 9.17) is 13.9 Å². The summed E-state index contributed by atoms with van der Waals surface area (Å²) in [5.41, 5.74) is 1.48. The van der Waals surface area contributed by atoms with Crippen LogP contribution in [0.2, 0.25) is 0 Å². The molecule has 132 valence electrons. The molecule has 1 atom stereocenters. The first-order valence-corrected chi connectivity index (χ1v) is 8.33. The highest BCUT2D eigenvalue weighted by molar-refractivity contribution is 5.94. The molecule has 1 aliphatic heterocycles. The number of nitrogens with zero attached hydrogens (tertiary/aromatic N) is 2. The molecule has 3 aromatic rings. The molecule has 1 amide bonds. The first kappa shape index (κ1) is 16.2. The van der Waals surface area contributed by atoms with Gasteiger partial charge in [0.2, 0.25) is 0 Å². The predicted octanol–water partition coefficient (Wildman–Crippen LogP) is 3.25. The second kappa shape index (κ2) is 6.92. The fourth-order valence-electron chi connectivity index (χ4n) is 2.90. The van der Waals surface area contributed by atoms with Gasteiger partial charge in [-0.15, -0.1) is 0 Å². The van der Waals surface area contributed by atoms with Crippen molar-refractivity contribution in [3.05, 3.63) is 66.7 Å². The van der Waals surface area contributed by atoms with Crippen LogP contribution in [0.4, 0.5) is 0 Å². The van der Waals surface area contributed by atoms with Crippen LogP contribution in [0.1, 0.15) is 10.4 Å². The van der Waals surface area contributed by atoms with Crippen molar-refractivity contribution in [3.63, 3.8) is 0 Å². The van der Waals surface area contributed by atoms with Crippen molar-refractivity contribution in [2.24, 2.45) is 0 Å². The molecule has 0 aliphatic carbocycles. The lowest BCUT2D eigenvalue weighted by Crippen LogP contribution is -2.41. The number of aromatic nitrogens is 1. The number of hydrogen-bond donors (Lipinski definition) is 0. The molecule has 4 rings (SSSR count). The molecule has 0 bridgehead atoms. The summed E-state index contributed by atoms with van der Waals surface area (Å²) in [6.45, 7) is 0.857. The van der Waals surface area contributed by atoms with Gasteiger partial charge in [0.15, 0.2) is 29.8 Å². The van der Waals surface area contributed by atoms with Crippen LogP contribution in [0.15, 0.2) is 65.5 Å². The third-order valence-electron chi connectivity index (χ3n) is 4.24. The smallest absolute Gasteiger partial charge is 0.253 e. The van der Waals surface area contributed by atoms with Crippen LogP contribution in [0.5, 0.6) is 11.5 Å². The van der Waals surface area contributed by atoms with Crippen LogP contribution < -0.4 is 9.47 Å². The predicted molar refractivity (Wildman–Crippen MR) is 95.3 cm³/mol. The summed E-state index contributed by atoms with van der Waals surface area (Å²) >= 11 is 0. The van der Waals surface area contributed by atoms with Gasteiger partial charge in [0.25, 0.3) is 5.91 Å². The standard InChI is InChI=1S/C20H18N2O4/c1-22(11-16-12-24-17-4-2-3-5-18(17)26-16)20(23)15-8-6-14(7-9-15)19-10-21-13-25-19/h2-10,13,16H,11-12H2,1H3/t16-/m1/s1. The minimum Gasteiger partial charge on any atom is -0.486 e. The van der Waals surface area contributed by atoms with Crippen molar-refractivity contribution < 1.29 is 18.7 Å². The molecule has 6 heteroatoms. The highest BCUT2D eigenvalue weighted by Crippen LogP contribution is 2.31. The van der Waals surface area contributed by atoms with E-state index >= 15 is 0 Å². The highest BCUT2D eigenvalue weighted by Gasteiger charge is 2.24. The molecule has 1 aliphatic rings. The summed E-state index contributed by atoms with van der Waals surface area (Å²) in [6.07, 6.45) is 2.82. The quantitative estimate of drug-likeness (QED) is 0.723. The van der Waals surface area contributed by atoms with E-state index in [1.807, 2.05) is 36.4 Å². The maximum atomic E-state index is 12.7. The van der Waals surface area contributed by atoms with Crippen molar-refractivity contribution in [1.29, 1.82) is 0 Å². The molecular weight excluding hydrogens is 332 g/mol. The molecule has 1 aromatic heterocycles. The molecule has 2 heterocycles. The largest absolute Gasteiger partial charge is 0.486 e. The van der Waals surface area contributed by atoms with E-state index in [0.29, 0.717) is 30.2 Å². The molecule has 0 N–H and O–H groups in total. The minimum absolute atomic E-state index is 0.0726. The number of fused-ring (bicyclic) bond motifs is 1. The summed E-state index contributed by atoms with van der Waals surface area (Å²) < 4.78 is 16.9. The number of hydrogen-bond acceptors (Lipinski definition) is 5. The number of benzene rings is 2. The van der Waals surface area contributed by atoms with Gasteiger partial charge < -0.3 is 18.8 Å². The Morgan fingerprint density at radius 2 is 1.92 bits per heavy atom. The van der Waals surface area contributed by atoms with Crippen LogP contribution in [0.25, 0.3) is 11.3 Å². The number of para-hydroxylation sites is 2. The summed E-state index contributed by atoms with van der Waals surface area (Å²) in [5, 5.41) is 0. The molecule has 0 saturated heterocycles. The fraction of sp³-hybridized carbons (Fsp3) is 0.200. The number of amides is 1. The molecule has 0 unspecified atom stereocenters. The van der Waals surface area contributed by atoms with Gasteiger partial charge in [0.1, 0.15) is 6.61 Å². The first-order chi connectivity index (χ1) is 12.7. The topological polar surface area (TPSA) is 64.8 Å². The second-order valence-corrected chi connectivity index (χ2v) is 6.13. The van der Waals surface area contributed by atoms with E-state index < -0.39 is 0 Å². The van der Waals surface area contributed by atoms with E-state index in [0.717, 1.165) is 11.3 Å². The van der Waals surface area contributed by atoms with Gasteiger partial charge in [-0.25, -0.2) is 4.98 Å². The Morgan fingerprint density at radius 3 is 2.65 bits per heavy atom. The lowest BCUT2D eigenvalue weighted by Gasteiger charge is -2.29. The zero-order valence-electron chi connectivity index (χ0n) is 14.3. The lowest BCUT2D eigenvalue weighted by molar-refractivity contribution is 0.0521. The van der Waals surface area contributed by atoms with Gasteiger partial charge in [-0.1, -0.05) is 24.3 Å². The molecule has 0 spiro atoms. The molecule has 0 fully saturated rings. The van der Waals surface area contributed by atoms with E-state index in [2.05, 4.69) is 4.98 Å². The third kappa shape index (κ3) is 3.26. The third-order valence-corrected chi connectivity index (χ3v) is 4.24. The summed E-state index contributed by atoms with van der Waals surface area (Å²) in [4.78, 5) is 18.2. The first-order valence-electron chi connectivity index (χ1n) is 8.33. The van der Waals surface area contributed by atoms with Crippen molar-refractivity contribution in [2.75, 3.05) is 20.2 Å². The molecule has 26 heavy (non-hydrogen) atoms.